The average molecular weight is 286 g/mol. The number of aromatic nitrogens is 2. The highest BCUT2D eigenvalue weighted by atomic mass is 32.2. The molecule has 1 heterocycles. The van der Waals surface area contributed by atoms with Gasteiger partial charge in [0.05, 0.1) is 17.4 Å². The summed E-state index contributed by atoms with van der Waals surface area (Å²) in [6, 6.07) is 8.20. The summed E-state index contributed by atoms with van der Waals surface area (Å²) >= 11 is 1.60. The Hall–Kier alpha value is -1.93. The van der Waals surface area contributed by atoms with E-state index in [-0.39, 0.29) is 0 Å². The Bertz CT molecular complexity index is 613. The van der Waals surface area contributed by atoms with Crippen LogP contribution in [-0.2, 0) is 6.42 Å². The van der Waals surface area contributed by atoms with E-state index >= 15 is 0 Å². The molecule has 1 aromatic heterocycles. The van der Waals surface area contributed by atoms with Crippen LogP contribution in [0.3, 0.4) is 0 Å². The van der Waals surface area contributed by atoms with Crippen molar-refractivity contribution in [3.8, 4) is 6.07 Å². The number of aromatic amines is 1. The van der Waals surface area contributed by atoms with E-state index in [1.807, 2.05) is 37.6 Å². The van der Waals surface area contributed by atoms with E-state index in [0.717, 1.165) is 41.2 Å². The van der Waals surface area contributed by atoms with Gasteiger partial charge in [0.15, 0.2) is 0 Å². The first-order chi connectivity index (χ1) is 9.76. The van der Waals surface area contributed by atoms with E-state index in [0.29, 0.717) is 0 Å². The highest BCUT2D eigenvalue weighted by Crippen LogP contribution is 2.26. The lowest BCUT2D eigenvalue weighted by Gasteiger charge is -2.10. The third-order valence-corrected chi connectivity index (χ3v) is 4.01. The van der Waals surface area contributed by atoms with Crippen LogP contribution in [0.5, 0.6) is 0 Å². The molecule has 5 heteroatoms. The number of rotatable bonds is 6. The van der Waals surface area contributed by atoms with Crippen molar-refractivity contribution < 1.29 is 0 Å². The van der Waals surface area contributed by atoms with Gasteiger partial charge in [-0.25, -0.2) is 0 Å². The second-order valence-electron chi connectivity index (χ2n) is 4.55. The van der Waals surface area contributed by atoms with Crippen molar-refractivity contribution in [2.24, 2.45) is 0 Å². The first kappa shape index (κ1) is 14.5. The van der Waals surface area contributed by atoms with Crippen LogP contribution >= 0.6 is 11.8 Å². The van der Waals surface area contributed by atoms with E-state index < -0.39 is 0 Å². The molecule has 0 aliphatic rings. The summed E-state index contributed by atoms with van der Waals surface area (Å²) in [5.74, 6) is 0. The summed E-state index contributed by atoms with van der Waals surface area (Å²) < 4.78 is 0. The van der Waals surface area contributed by atoms with Crippen molar-refractivity contribution in [2.45, 2.75) is 24.7 Å². The van der Waals surface area contributed by atoms with Crippen molar-refractivity contribution in [1.82, 2.24) is 10.2 Å². The fourth-order valence-corrected chi connectivity index (χ4v) is 2.67. The fourth-order valence-electron chi connectivity index (χ4n) is 2.09. The van der Waals surface area contributed by atoms with Gasteiger partial charge < -0.3 is 5.32 Å². The van der Waals surface area contributed by atoms with Gasteiger partial charge in [0, 0.05) is 17.1 Å². The van der Waals surface area contributed by atoms with E-state index in [1.54, 1.807) is 11.8 Å². The zero-order chi connectivity index (χ0) is 14.4. The summed E-state index contributed by atoms with van der Waals surface area (Å²) in [6.45, 7) is 2.88. The molecular weight excluding hydrogens is 268 g/mol. The Morgan fingerprint density at radius 3 is 2.95 bits per heavy atom. The molecule has 2 N–H and O–H groups in total. The molecule has 0 fully saturated rings. The van der Waals surface area contributed by atoms with Gasteiger partial charge in [-0.1, -0.05) is 6.07 Å². The van der Waals surface area contributed by atoms with Gasteiger partial charge in [-0.2, -0.15) is 10.4 Å². The second kappa shape index (κ2) is 7.01. The van der Waals surface area contributed by atoms with Crippen LogP contribution < -0.4 is 5.32 Å². The van der Waals surface area contributed by atoms with Crippen LogP contribution in [-0.4, -0.2) is 23.0 Å². The van der Waals surface area contributed by atoms with Crippen LogP contribution in [0.1, 0.15) is 23.2 Å². The number of anilines is 1. The Morgan fingerprint density at radius 1 is 1.45 bits per heavy atom. The lowest BCUT2D eigenvalue weighted by atomic mass is 10.1. The number of aryl methyl sites for hydroxylation is 2. The van der Waals surface area contributed by atoms with E-state index in [2.05, 4.69) is 21.6 Å². The lowest BCUT2D eigenvalue weighted by Crippen LogP contribution is -2.05. The number of nitrogens with one attached hydrogen (secondary N) is 2. The van der Waals surface area contributed by atoms with Crippen LogP contribution in [0, 0.1) is 18.3 Å². The normalized spacial score (nSPS) is 10.2. The zero-order valence-electron chi connectivity index (χ0n) is 11.7. The summed E-state index contributed by atoms with van der Waals surface area (Å²) in [5.41, 5.74) is 4.04. The van der Waals surface area contributed by atoms with Crippen molar-refractivity contribution in [3.63, 3.8) is 0 Å². The molecule has 0 radical (unpaired) electrons. The number of thioether (sulfide) groups is 1. The third-order valence-electron chi connectivity index (χ3n) is 3.23. The molecule has 0 bridgehead atoms. The predicted molar refractivity (Wildman–Crippen MR) is 83.1 cm³/mol. The van der Waals surface area contributed by atoms with Gasteiger partial charge in [0.2, 0.25) is 0 Å². The SMILES string of the molecule is CSc1cccc(NCCCc2cn[nH]c2C)c1C#N. The van der Waals surface area contributed by atoms with Gasteiger partial charge in [-0.05, 0) is 43.7 Å². The minimum atomic E-state index is 0.736. The summed E-state index contributed by atoms with van der Waals surface area (Å²) in [4.78, 5) is 1.02. The van der Waals surface area contributed by atoms with Crippen molar-refractivity contribution >= 4 is 17.4 Å². The lowest BCUT2D eigenvalue weighted by molar-refractivity contribution is 0.856. The fraction of sp³-hybridized carbons (Fsp3) is 0.333. The molecule has 0 spiro atoms. The molecule has 0 saturated carbocycles. The highest BCUT2D eigenvalue weighted by Gasteiger charge is 2.06. The zero-order valence-corrected chi connectivity index (χ0v) is 12.5. The third kappa shape index (κ3) is 3.34. The van der Waals surface area contributed by atoms with E-state index in [4.69, 9.17) is 0 Å². The van der Waals surface area contributed by atoms with Gasteiger partial charge in [-0.3, -0.25) is 5.10 Å². The molecule has 0 saturated heterocycles. The van der Waals surface area contributed by atoms with E-state index in [9.17, 15) is 5.26 Å². The minimum absolute atomic E-state index is 0.736. The quantitative estimate of drug-likeness (QED) is 0.631. The van der Waals surface area contributed by atoms with Gasteiger partial charge in [0.1, 0.15) is 6.07 Å². The molecule has 2 aromatic rings. The first-order valence-corrected chi connectivity index (χ1v) is 7.78. The maximum Gasteiger partial charge on any atom is 0.102 e. The molecule has 20 heavy (non-hydrogen) atoms. The average Bonchev–Trinajstić information content (AvgIpc) is 2.88. The van der Waals surface area contributed by atoms with Crippen molar-refractivity contribution in [1.29, 1.82) is 5.26 Å². The van der Waals surface area contributed by atoms with Crippen LogP contribution in [0.4, 0.5) is 5.69 Å². The maximum absolute atomic E-state index is 9.26. The Kier molecular flexibility index (Phi) is 5.08. The Morgan fingerprint density at radius 2 is 2.30 bits per heavy atom. The number of hydrogen-bond acceptors (Lipinski definition) is 4. The van der Waals surface area contributed by atoms with Crippen LogP contribution in [0.2, 0.25) is 0 Å². The van der Waals surface area contributed by atoms with E-state index in [1.165, 1.54) is 5.56 Å². The molecule has 104 valence electrons. The number of benzene rings is 1. The van der Waals surface area contributed by atoms with Gasteiger partial charge >= 0.3 is 0 Å². The molecule has 0 atom stereocenters. The largest absolute Gasteiger partial charge is 0.384 e. The minimum Gasteiger partial charge on any atom is -0.384 e. The molecule has 4 nitrogen and oxygen atoms in total. The van der Waals surface area contributed by atoms with Gasteiger partial charge in [0.25, 0.3) is 0 Å². The molecule has 0 amide bonds. The monoisotopic (exact) mass is 286 g/mol. The van der Waals surface area contributed by atoms with Crippen molar-refractivity contribution in [3.05, 3.63) is 41.2 Å². The molecule has 0 aliphatic heterocycles. The summed E-state index contributed by atoms with van der Waals surface area (Å²) in [5, 5.41) is 19.6. The molecule has 0 unspecified atom stereocenters. The molecule has 2 rings (SSSR count). The molecule has 0 aliphatic carbocycles. The topological polar surface area (TPSA) is 64.5 Å². The Balaban J connectivity index is 1.92. The number of H-pyrrole nitrogens is 1. The standard InChI is InChI=1S/C15H18N4S/c1-11-12(10-18-19-11)5-4-8-17-14-6-3-7-15(20-2)13(14)9-16/h3,6-7,10,17H,4-5,8H2,1-2H3,(H,18,19). The Labute approximate surface area is 123 Å². The maximum atomic E-state index is 9.26. The van der Waals surface area contributed by atoms with Gasteiger partial charge in [-0.15, -0.1) is 11.8 Å². The van der Waals surface area contributed by atoms with Crippen molar-refractivity contribution in [2.75, 3.05) is 18.1 Å². The second-order valence-corrected chi connectivity index (χ2v) is 5.39. The smallest absolute Gasteiger partial charge is 0.102 e. The summed E-state index contributed by atoms with van der Waals surface area (Å²) in [7, 11) is 0. The van der Waals surface area contributed by atoms with Crippen LogP contribution in [0.25, 0.3) is 0 Å². The number of nitrogens with zero attached hydrogens (tertiary/aromatic N) is 2. The van der Waals surface area contributed by atoms with Crippen LogP contribution in [0.15, 0.2) is 29.3 Å². The summed E-state index contributed by atoms with van der Waals surface area (Å²) in [6.07, 6.45) is 5.86. The predicted octanol–water partition coefficient (Wildman–Crippen LogP) is 3.36. The highest BCUT2D eigenvalue weighted by molar-refractivity contribution is 7.98. The molecule has 1 aromatic carbocycles. The number of hydrogen-bond donors (Lipinski definition) is 2. The first-order valence-electron chi connectivity index (χ1n) is 6.56. The number of nitriles is 1. The molecular formula is C15H18N4S.